The van der Waals surface area contributed by atoms with E-state index >= 15 is 0 Å². The number of allylic oxidation sites excluding steroid dienone is 4. The van der Waals surface area contributed by atoms with Crippen LogP contribution < -0.4 is 0 Å². The predicted molar refractivity (Wildman–Crippen MR) is 106 cm³/mol. The van der Waals surface area contributed by atoms with Crippen molar-refractivity contribution < 1.29 is 10.2 Å². The molecule has 0 aromatic heterocycles. The molecule has 2 rings (SSSR count). The molecule has 0 spiro atoms. The Hall–Kier alpha value is -0.550. The lowest BCUT2D eigenvalue weighted by molar-refractivity contribution is 0.207. The smallest absolute Gasteiger partial charge is 0.117 e. The number of hydrogen-bond donors (Lipinski definition) is 2. The Morgan fingerprint density at radius 2 is 2.09 bits per heavy atom. The lowest BCUT2D eigenvalue weighted by Gasteiger charge is -2.36. The fourth-order valence-electron chi connectivity index (χ4n) is 3.91. The van der Waals surface area contributed by atoms with E-state index in [0.29, 0.717) is 24.0 Å². The van der Waals surface area contributed by atoms with Crippen molar-refractivity contribution in [2.24, 2.45) is 11.8 Å². The van der Waals surface area contributed by atoms with Crippen LogP contribution in [-0.2, 0) is 0 Å². The number of halogens is 1. The van der Waals surface area contributed by atoms with Gasteiger partial charge in [-0.25, -0.2) is 0 Å². The molecule has 1 unspecified atom stereocenters. The van der Waals surface area contributed by atoms with E-state index in [1.165, 1.54) is 23.1 Å². The summed E-state index contributed by atoms with van der Waals surface area (Å²) < 4.78 is 1.16. The summed E-state index contributed by atoms with van der Waals surface area (Å²) in [5, 5.41) is 20.6. The minimum Gasteiger partial charge on any atom is -0.508 e. The molecule has 3 atom stereocenters. The number of aliphatic hydroxyl groups is 2. The molecule has 0 radical (unpaired) electrons. The van der Waals surface area contributed by atoms with Crippen molar-refractivity contribution in [1.82, 2.24) is 0 Å². The Bertz CT molecular complexity index is 542. The normalized spacial score (nSPS) is 28.4. The minimum atomic E-state index is -0.545. The number of unbranched alkanes of at least 4 members (excludes halogenated alkanes) is 1. The average molecular weight is 428 g/mol. The van der Waals surface area contributed by atoms with Gasteiger partial charge in [-0.1, -0.05) is 52.0 Å². The standard InChI is InChI=1S/C20H29IO2/c1-13(2)17-8-7-14(3)10-18(17)20-15(6-4-5-9-21)11-16(22)12-19(20)23/h7,12,16-18,22-23H,1,4-6,8-11H2,2-3H3/t16?,17-,18+/m1/s1. The molecule has 0 saturated carbocycles. The van der Waals surface area contributed by atoms with Crippen molar-refractivity contribution >= 4 is 22.6 Å². The maximum Gasteiger partial charge on any atom is 0.117 e. The first-order valence-electron chi connectivity index (χ1n) is 8.62. The third-order valence-electron chi connectivity index (χ3n) is 5.08. The molecule has 23 heavy (non-hydrogen) atoms. The topological polar surface area (TPSA) is 40.5 Å². The van der Waals surface area contributed by atoms with Crippen molar-refractivity contribution in [3.8, 4) is 0 Å². The predicted octanol–water partition coefficient (Wildman–Crippen LogP) is 5.64. The molecule has 0 heterocycles. The van der Waals surface area contributed by atoms with Gasteiger partial charge in [0.25, 0.3) is 0 Å². The van der Waals surface area contributed by atoms with Gasteiger partial charge in [-0.2, -0.15) is 0 Å². The Morgan fingerprint density at radius 3 is 2.74 bits per heavy atom. The first kappa shape index (κ1) is 18.8. The number of alkyl halides is 1. The van der Waals surface area contributed by atoms with Crippen LogP contribution in [0.2, 0.25) is 0 Å². The van der Waals surface area contributed by atoms with E-state index in [1.807, 2.05) is 0 Å². The molecule has 0 fully saturated rings. The molecule has 0 saturated heterocycles. The second-order valence-corrected chi connectivity index (χ2v) is 8.12. The molecule has 128 valence electrons. The first-order valence-corrected chi connectivity index (χ1v) is 10.1. The Labute approximate surface area is 154 Å². The molecule has 2 aliphatic rings. The average Bonchev–Trinajstić information content (AvgIpc) is 2.46. The molecule has 0 bridgehead atoms. The molecule has 2 nitrogen and oxygen atoms in total. The maximum atomic E-state index is 10.6. The van der Waals surface area contributed by atoms with Gasteiger partial charge in [0.15, 0.2) is 0 Å². The van der Waals surface area contributed by atoms with Crippen LogP contribution in [0.1, 0.15) is 52.4 Å². The summed E-state index contributed by atoms with van der Waals surface area (Å²) in [6.45, 7) is 8.46. The third kappa shape index (κ3) is 4.72. The number of aliphatic hydroxyl groups excluding tert-OH is 2. The van der Waals surface area contributed by atoms with E-state index in [9.17, 15) is 10.2 Å². The van der Waals surface area contributed by atoms with Crippen LogP contribution in [0, 0.1) is 11.8 Å². The highest BCUT2D eigenvalue weighted by atomic mass is 127. The molecule has 0 amide bonds. The van der Waals surface area contributed by atoms with Crippen LogP contribution in [0.4, 0.5) is 0 Å². The fourth-order valence-corrected chi connectivity index (χ4v) is 4.45. The van der Waals surface area contributed by atoms with Crippen molar-refractivity contribution in [2.45, 2.75) is 58.5 Å². The summed E-state index contributed by atoms with van der Waals surface area (Å²) in [4.78, 5) is 0. The second kappa shape index (κ2) is 8.52. The minimum absolute atomic E-state index is 0.302. The highest BCUT2D eigenvalue weighted by Gasteiger charge is 2.33. The zero-order chi connectivity index (χ0) is 17.0. The van der Waals surface area contributed by atoms with E-state index < -0.39 is 6.10 Å². The summed E-state index contributed by atoms with van der Waals surface area (Å²) in [6, 6.07) is 0. The summed E-state index contributed by atoms with van der Waals surface area (Å²) in [5.41, 5.74) is 4.94. The van der Waals surface area contributed by atoms with E-state index in [1.54, 1.807) is 6.08 Å². The quantitative estimate of drug-likeness (QED) is 0.249. The van der Waals surface area contributed by atoms with Crippen LogP contribution in [-0.4, -0.2) is 20.7 Å². The highest BCUT2D eigenvalue weighted by molar-refractivity contribution is 14.1. The highest BCUT2D eigenvalue weighted by Crippen LogP contribution is 2.44. The monoisotopic (exact) mass is 428 g/mol. The zero-order valence-corrected chi connectivity index (χ0v) is 16.5. The fraction of sp³-hybridized carbons (Fsp3) is 0.600. The van der Waals surface area contributed by atoms with Crippen molar-refractivity contribution in [1.29, 1.82) is 0 Å². The van der Waals surface area contributed by atoms with Crippen LogP contribution >= 0.6 is 22.6 Å². The molecule has 2 aliphatic carbocycles. The molecular formula is C20H29IO2. The largest absolute Gasteiger partial charge is 0.508 e. The van der Waals surface area contributed by atoms with Crippen LogP contribution in [0.3, 0.4) is 0 Å². The van der Waals surface area contributed by atoms with E-state index in [2.05, 4.69) is 49.1 Å². The van der Waals surface area contributed by atoms with Gasteiger partial charge in [0.05, 0.1) is 6.10 Å². The Morgan fingerprint density at radius 1 is 1.35 bits per heavy atom. The van der Waals surface area contributed by atoms with E-state index in [4.69, 9.17) is 0 Å². The summed E-state index contributed by atoms with van der Waals surface area (Å²) in [5.74, 6) is 0.995. The van der Waals surface area contributed by atoms with Crippen LogP contribution in [0.5, 0.6) is 0 Å². The van der Waals surface area contributed by atoms with Crippen molar-refractivity contribution in [2.75, 3.05) is 4.43 Å². The molecule has 3 heteroatoms. The van der Waals surface area contributed by atoms with Gasteiger partial charge in [-0.15, -0.1) is 0 Å². The Balaban J connectivity index is 2.36. The first-order chi connectivity index (χ1) is 10.9. The van der Waals surface area contributed by atoms with Gasteiger partial charge in [-0.3, -0.25) is 0 Å². The zero-order valence-electron chi connectivity index (χ0n) is 14.3. The van der Waals surface area contributed by atoms with Gasteiger partial charge in [0.2, 0.25) is 0 Å². The van der Waals surface area contributed by atoms with Gasteiger partial charge in [0.1, 0.15) is 5.76 Å². The summed E-state index contributed by atoms with van der Waals surface area (Å²) in [6.07, 6.45) is 9.34. The molecular weight excluding hydrogens is 399 g/mol. The lowest BCUT2D eigenvalue weighted by atomic mass is 9.69. The van der Waals surface area contributed by atoms with Gasteiger partial charge < -0.3 is 10.2 Å². The van der Waals surface area contributed by atoms with Gasteiger partial charge in [-0.05, 0) is 80.3 Å². The third-order valence-corrected chi connectivity index (χ3v) is 5.84. The van der Waals surface area contributed by atoms with Crippen molar-refractivity contribution in [3.63, 3.8) is 0 Å². The second-order valence-electron chi connectivity index (χ2n) is 7.04. The lowest BCUT2D eigenvalue weighted by Crippen LogP contribution is -2.26. The number of hydrogen-bond acceptors (Lipinski definition) is 2. The summed E-state index contributed by atoms with van der Waals surface area (Å²) >= 11 is 2.41. The maximum absolute atomic E-state index is 10.6. The van der Waals surface area contributed by atoms with Crippen molar-refractivity contribution in [3.05, 3.63) is 46.8 Å². The van der Waals surface area contributed by atoms with E-state index in [0.717, 1.165) is 35.7 Å². The van der Waals surface area contributed by atoms with Gasteiger partial charge >= 0.3 is 0 Å². The summed E-state index contributed by atoms with van der Waals surface area (Å²) in [7, 11) is 0. The number of rotatable bonds is 6. The Kier molecular flexibility index (Phi) is 6.96. The molecule has 0 aromatic rings. The van der Waals surface area contributed by atoms with Crippen LogP contribution in [0.25, 0.3) is 0 Å². The SMILES string of the molecule is C=C(C)[C@H]1CC=C(C)C[C@@H]1C1=C(CCCCI)CC(O)C=C1O. The van der Waals surface area contributed by atoms with E-state index in [-0.39, 0.29) is 0 Å². The molecule has 0 aliphatic heterocycles. The van der Waals surface area contributed by atoms with Gasteiger partial charge in [0, 0.05) is 0 Å². The molecule has 2 N–H and O–H groups in total. The van der Waals surface area contributed by atoms with Crippen LogP contribution in [0.15, 0.2) is 46.8 Å². The molecule has 0 aromatic carbocycles.